The molecule has 134 valence electrons. The van der Waals surface area contributed by atoms with Gasteiger partial charge in [0.15, 0.2) is 0 Å². The lowest BCUT2D eigenvalue weighted by molar-refractivity contribution is -0.154. The van der Waals surface area contributed by atoms with Crippen molar-refractivity contribution in [1.82, 2.24) is 14.9 Å². The van der Waals surface area contributed by atoms with Crippen LogP contribution >= 0.6 is 0 Å². The van der Waals surface area contributed by atoms with Gasteiger partial charge in [0.2, 0.25) is 5.88 Å². The number of ether oxygens (including phenoxy) is 3. The number of rotatable bonds is 6. The number of aromatic nitrogens is 2. The molecule has 0 spiro atoms. The van der Waals surface area contributed by atoms with Crippen molar-refractivity contribution in [2.45, 2.75) is 32.1 Å². The van der Waals surface area contributed by atoms with Crippen LogP contribution in [0.4, 0.5) is 0 Å². The van der Waals surface area contributed by atoms with Gasteiger partial charge in [-0.25, -0.2) is 4.98 Å². The van der Waals surface area contributed by atoms with Crippen LogP contribution < -0.4 is 4.74 Å². The summed E-state index contributed by atoms with van der Waals surface area (Å²) >= 11 is 0. The van der Waals surface area contributed by atoms with Crippen LogP contribution in [-0.2, 0) is 16.0 Å². The van der Waals surface area contributed by atoms with Gasteiger partial charge in [0.25, 0.3) is 0 Å². The third kappa shape index (κ3) is 5.22. The second-order valence-electron chi connectivity index (χ2n) is 6.91. The van der Waals surface area contributed by atoms with Crippen LogP contribution in [0.1, 0.15) is 19.4 Å². The smallest absolute Gasteiger partial charge is 0.237 e. The van der Waals surface area contributed by atoms with Crippen LogP contribution in [0.5, 0.6) is 11.6 Å². The average Bonchev–Trinajstić information content (AvgIpc) is 2.56. The Morgan fingerprint density at radius 1 is 1.24 bits per heavy atom. The molecule has 0 N–H and O–H groups in total. The topological polar surface area (TPSA) is 56.7 Å². The Kier molecular flexibility index (Phi) is 5.63. The third-order valence-electron chi connectivity index (χ3n) is 4.00. The van der Waals surface area contributed by atoms with Gasteiger partial charge in [-0.3, -0.25) is 9.88 Å². The summed E-state index contributed by atoms with van der Waals surface area (Å²) < 4.78 is 17.0. The van der Waals surface area contributed by atoms with Gasteiger partial charge in [-0.1, -0.05) is 12.1 Å². The van der Waals surface area contributed by atoms with E-state index < -0.39 is 0 Å². The zero-order valence-corrected chi connectivity index (χ0v) is 15.0. The highest BCUT2D eigenvalue weighted by atomic mass is 16.5. The zero-order valence-electron chi connectivity index (χ0n) is 15.0. The Bertz CT molecular complexity index is 661. The molecule has 6 heteroatoms. The van der Waals surface area contributed by atoms with Crippen molar-refractivity contribution in [3.05, 3.63) is 48.4 Å². The SMILES string of the molecule is COC[C@H]1CN(Cc2ccc(Oc3cnccn3)cc2)CC(C)(C)O1. The van der Waals surface area contributed by atoms with E-state index in [1.165, 1.54) is 5.56 Å². The van der Waals surface area contributed by atoms with E-state index in [9.17, 15) is 0 Å². The van der Waals surface area contributed by atoms with Crippen molar-refractivity contribution in [2.24, 2.45) is 0 Å². The number of benzene rings is 1. The minimum absolute atomic E-state index is 0.105. The molecule has 1 aromatic carbocycles. The van der Waals surface area contributed by atoms with Gasteiger partial charge < -0.3 is 14.2 Å². The summed E-state index contributed by atoms with van der Waals surface area (Å²) in [6, 6.07) is 8.09. The van der Waals surface area contributed by atoms with E-state index in [0.29, 0.717) is 12.5 Å². The maximum atomic E-state index is 6.07. The standard InChI is InChI=1S/C19H25N3O3/c1-19(2)14-22(12-17(25-19)13-23-3)11-15-4-6-16(7-5-15)24-18-10-20-8-9-21-18/h4-10,17H,11-14H2,1-3H3/t17-/m1/s1. The summed E-state index contributed by atoms with van der Waals surface area (Å²) in [5.41, 5.74) is 1.07. The summed E-state index contributed by atoms with van der Waals surface area (Å²) in [5, 5.41) is 0. The fourth-order valence-electron chi connectivity index (χ4n) is 3.19. The Morgan fingerprint density at radius 3 is 2.72 bits per heavy atom. The second-order valence-corrected chi connectivity index (χ2v) is 6.91. The quantitative estimate of drug-likeness (QED) is 0.804. The molecular formula is C19H25N3O3. The normalized spacial score (nSPS) is 20.4. The van der Waals surface area contributed by atoms with Crippen molar-refractivity contribution < 1.29 is 14.2 Å². The van der Waals surface area contributed by atoms with Gasteiger partial charge in [-0.05, 0) is 31.5 Å². The van der Waals surface area contributed by atoms with E-state index in [0.717, 1.165) is 25.4 Å². The van der Waals surface area contributed by atoms with Crippen molar-refractivity contribution >= 4 is 0 Å². The fraction of sp³-hybridized carbons (Fsp3) is 0.474. The number of nitrogens with zero attached hydrogens (tertiary/aromatic N) is 3. The van der Waals surface area contributed by atoms with Crippen LogP contribution in [0.15, 0.2) is 42.9 Å². The fourth-order valence-corrected chi connectivity index (χ4v) is 3.19. The summed E-state index contributed by atoms with van der Waals surface area (Å²) in [5.74, 6) is 1.25. The lowest BCUT2D eigenvalue weighted by Crippen LogP contribution is -2.53. The monoisotopic (exact) mass is 343 g/mol. The second kappa shape index (κ2) is 7.91. The Labute approximate surface area is 148 Å². The highest BCUT2D eigenvalue weighted by Gasteiger charge is 2.33. The molecule has 0 aliphatic carbocycles. The molecule has 0 bridgehead atoms. The molecule has 25 heavy (non-hydrogen) atoms. The minimum atomic E-state index is -0.170. The van der Waals surface area contributed by atoms with Crippen molar-refractivity contribution in [2.75, 3.05) is 26.8 Å². The first kappa shape index (κ1) is 17.8. The number of methoxy groups -OCH3 is 1. The molecule has 0 unspecified atom stereocenters. The first-order chi connectivity index (χ1) is 12.0. The van der Waals surface area contributed by atoms with Crippen molar-refractivity contribution in [3.8, 4) is 11.6 Å². The van der Waals surface area contributed by atoms with E-state index in [1.54, 1.807) is 25.7 Å². The molecule has 3 rings (SSSR count). The molecule has 2 heterocycles. The summed E-state index contributed by atoms with van der Waals surface area (Å²) in [7, 11) is 1.71. The molecule has 2 aromatic rings. The highest BCUT2D eigenvalue weighted by Crippen LogP contribution is 2.24. The highest BCUT2D eigenvalue weighted by molar-refractivity contribution is 5.29. The first-order valence-electron chi connectivity index (χ1n) is 8.46. The Hall–Kier alpha value is -2.02. The maximum Gasteiger partial charge on any atom is 0.237 e. The molecule has 1 atom stereocenters. The van der Waals surface area contributed by atoms with Gasteiger partial charge in [-0.15, -0.1) is 0 Å². The predicted octanol–water partition coefficient (Wildman–Crippen LogP) is 2.89. The summed E-state index contributed by atoms with van der Waals surface area (Å²) in [4.78, 5) is 10.5. The van der Waals surface area contributed by atoms with Crippen LogP contribution in [0.25, 0.3) is 0 Å². The van der Waals surface area contributed by atoms with Gasteiger partial charge >= 0.3 is 0 Å². The van der Waals surface area contributed by atoms with Crippen LogP contribution in [0.2, 0.25) is 0 Å². The van der Waals surface area contributed by atoms with Gasteiger partial charge in [0.05, 0.1) is 24.5 Å². The van der Waals surface area contributed by atoms with Gasteiger partial charge in [0.1, 0.15) is 5.75 Å². The predicted molar refractivity (Wildman–Crippen MR) is 94.7 cm³/mol. The lowest BCUT2D eigenvalue weighted by Gasteiger charge is -2.42. The summed E-state index contributed by atoms with van der Waals surface area (Å²) in [6.45, 7) is 7.50. The molecule has 0 amide bonds. The lowest BCUT2D eigenvalue weighted by atomic mass is 10.0. The summed E-state index contributed by atoms with van der Waals surface area (Å²) in [6.07, 6.45) is 4.93. The van der Waals surface area contributed by atoms with Gasteiger partial charge in [0, 0.05) is 39.1 Å². The van der Waals surface area contributed by atoms with Crippen molar-refractivity contribution in [1.29, 1.82) is 0 Å². The molecule has 1 fully saturated rings. The molecule has 0 radical (unpaired) electrons. The molecule has 1 saturated heterocycles. The van der Waals surface area contributed by atoms with E-state index in [2.05, 4.69) is 40.8 Å². The van der Waals surface area contributed by atoms with E-state index in [-0.39, 0.29) is 11.7 Å². The average molecular weight is 343 g/mol. The minimum Gasteiger partial charge on any atom is -0.438 e. The van der Waals surface area contributed by atoms with Gasteiger partial charge in [-0.2, -0.15) is 0 Å². The van der Waals surface area contributed by atoms with Crippen LogP contribution in [-0.4, -0.2) is 53.4 Å². The van der Waals surface area contributed by atoms with Crippen LogP contribution in [0, 0.1) is 0 Å². The third-order valence-corrected chi connectivity index (χ3v) is 4.00. The number of hydrogen-bond donors (Lipinski definition) is 0. The molecule has 0 saturated carbocycles. The number of morpholine rings is 1. The maximum absolute atomic E-state index is 6.07. The zero-order chi connectivity index (χ0) is 17.7. The Balaban J connectivity index is 1.60. The molecule has 1 aliphatic heterocycles. The van der Waals surface area contributed by atoms with E-state index in [1.807, 2.05) is 12.1 Å². The first-order valence-corrected chi connectivity index (χ1v) is 8.46. The molecule has 6 nitrogen and oxygen atoms in total. The molecular weight excluding hydrogens is 318 g/mol. The molecule has 1 aromatic heterocycles. The Morgan fingerprint density at radius 2 is 2.04 bits per heavy atom. The van der Waals surface area contributed by atoms with Crippen LogP contribution in [0.3, 0.4) is 0 Å². The van der Waals surface area contributed by atoms with Crippen molar-refractivity contribution in [3.63, 3.8) is 0 Å². The molecule has 1 aliphatic rings. The van der Waals surface area contributed by atoms with E-state index >= 15 is 0 Å². The van der Waals surface area contributed by atoms with E-state index in [4.69, 9.17) is 14.2 Å². The largest absolute Gasteiger partial charge is 0.438 e. The number of hydrogen-bond acceptors (Lipinski definition) is 6.